The fourth-order valence-electron chi connectivity index (χ4n) is 1.90. The summed E-state index contributed by atoms with van der Waals surface area (Å²) >= 11 is 3.96. The third-order valence-corrected chi connectivity index (χ3v) is 3.37. The SMILES string of the molecule is O=C(O)c1ccccc1S.O=C1C=CC(=O)c2ccccc21. The first-order valence-corrected chi connectivity index (χ1v) is 6.82. The lowest BCUT2D eigenvalue weighted by molar-refractivity contribution is 0.0693. The van der Waals surface area contributed by atoms with Gasteiger partial charge in [-0.3, -0.25) is 9.59 Å². The van der Waals surface area contributed by atoms with Crippen LogP contribution in [0.15, 0.2) is 65.6 Å². The van der Waals surface area contributed by atoms with Gasteiger partial charge in [-0.2, -0.15) is 0 Å². The summed E-state index contributed by atoms with van der Waals surface area (Å²) in [7, 11) is 0. The zero-order valence-electron chi connectivity index (χ0n) is 11.4. The summed E-state index contributed by atoms with van der Waals surface area (Å²) in [4.78, 5) is 33.3. The Morgan fingerprint density at radius 1 is 0.818 bits per heavy atom. The molecule has 0 amide bonds. The number of carboxylic acid groups (broad SMARTS) is 1. The van der Waals surface area contributed by atoms with E-state index in [4.69, 9.17) is 5.11 Å². The molecule has 0 fully saturated rings. The van der Waals surface area contributed by atoms with Crippen LogP contribution in [0.4, 0.5) is 0 Å². The third-order valence-electron chi connectivity index (χ3n) is 2.98. The number of rotatable bonds is 1. The molecule has 4 nitrogen and oxygen atoms in total. The van der Waals surface area contributed by atoms with E-state index in [2.05, 4.69) is 12.6 Å². The van der Waals surface area contributed by atoms with Gasteiger partial charge in [-0.15, -0.1) is 12.6 Å². The molecule has 1 N–H and O–H groups in total. The van der Waals surface area contributed by atoms with Crippen molar-refractivity contribution < 1.29 is 19.5 Å². The lowest BCUT2D eigenvalue weighted by atomic mass is 9.95. The number of fused-ring (bicyclic) bond motifs is 1. The van der Waals surface area contributed by atoms with E-state index < -0.39 is 5.97 Å². The monoisotopic (exact) mass is 312 g/mol. The smallest absolute Gasteiger partial charge is 0.336 e. The van der Waals surface area contributed by atoms with Crippen molar-refractivity contribution in [2.24, 2.45) is 0 Å². The van der Waals surface area contributed by atoms with Crippen molar-refractivity contribution in [2.45, 2.75) is 4.90 Å². The summed E-state index contributed by atoms with van der Waals surface area (Å²) < 4.78 is 0. The van der Waals surface area contributed by atoms with Crippen LogP contribution in [-0.4, -0.2) is 22.6 Å². The summed E-state index contributed by atoms with van der Waals surface area (Å²) in [6.45, 7) is 0. The summed E-state index contributed by atoms with van der Waals surface area (Å²) in [6.07, 6.45) is 2.62. The minimum atomic E-state index is -0.939. The molecule has 0 atom stereocenters. The zero-order valence-corrected chi connectivity index (χ0v) is 12.3. The van der Waals surface area contributed by atoms with Crippen molar-refractivity contribution in [1.82, 2.24) is 0 Å². The van der Waals surface area contributed by atoms with Gasteiger partial charge in [0.1, 0.15) is 0 Å². The molecule has 0 spiro atoms. The van der Waals surface area contributed by atoms with E-state index in [-0.39, 0.29) is 17.1 Å². The average Bonchev–Trinajstić information content (AvgIpc) is 2.52. The molecule has 2 aromatic carbocycles. The van der Waals surface area contributed by atoms with Crippen molar-refractivity contribution in [1.29, 1.82) is 0 Å². The van der Waals surface area contributed by atoms with Crippen molar-refractivity contribution in [2.75, 3.05) is 0 Å². The number of thiol groups is 1. The summed E-state index contributed by atoms with van der Waals surface area (Å²) in [5.41, 5.74) is 1.25. The van der Waals surface area contributed by atoms with Crippen molar-refractivity contribution in [3.63, 3.8) is 0 Å². The zero-order chi connectivity index (χ0) is 16.1. The Kier molecular flexibility index (Phi) is 4.91. The van der Waals surface area contributed by atoms with Crippen LogP contribution in [0.2, 0.25) is 0 Å². The Labute approximate surface area is 132 Å². The first-order valence-electron chi connectivity index (χ1n) is 6.37. The Hall–Kier alpha value is -2.66. The fraction of sp³-hybridized carbons (Fsp3) is 0. The number of carboxylic acids is 1. The van der Waals surface area contributed by atoms with Gasteiger partial charge in [-0.25, -0.2) is 4.79 Å². The normalized spacial score (nSPS) is 12.2. The highest BCUT2D eigenvalue weighted by Gasteiger charge is 2.16. The molecule has 0 radical (unpaired) electrons. The molecule has 5 heteroatoms. The highest BCUT2D eigenvalue weighted by atomic mass is 32.1. The molecule has 1 aliphatic carbocycles. The Morgan fingerprint density at radius 3 is 1.68 bits per heavy atom. The molecule has 1 aliphatic rings. The van der Waals surface area contributed by atoms with Gasteiger partial charge in [0, 0.05) is 16.0 Å². The number of hydrogen-bond donors (Lipinski definition) is 2. The average molecular weight is 312 g/mol. The van der Waals surface area contributed by atoms with E-state index in [1.807, 2.05) is 0 Å². The number of hydrogen-bond acceptors (Lipinski definition) is 4. The molecule has 2 aromatic rings. The van der Waals surface area contributed by atoms with Gasteiger partial charge in [0.15, 0.2) is 11.6 Å². The van der Waals surface area contributed by atoms with Gasteiger partial charge in [-0.05, 0) is 24.3 Å². The Bertz CT molecular complexity index is 741. The van der Waals surface area contributed by atoms with Crippen LogP contribution >= 0.6 is 12.6 Å². The van der Waals surface area contributed by atoms with Crippen LogP contribution < -0.4 is 0 Å². The van der Waals surface area contributed by atoms with Crippen LogP contribution in [0.5, 0.6) is 0 Å². The number of benzene rings is 2. The molecule has 110 valence electrons. The van der Waals surface area contributed by atoms with Crippen LogP contribution in [0.25, 0.3) is 0 Å². The minimum Gasteiger partial charge on any atom is -0.478 e. The van der Waals surface area contributed by atoms with E-state index in [9.17, 15) is 14.4 Å². The number of carbonyl (C=O) groups is 3. The number of carbonyl (C=O) groups excluding carboxylic acids is 2. The highest BCUT2D eigenvalue weighted by Crippen LogP contribution is 2.15. The molecule has 0 saturated heterocycles. The maximum Gasteiger partial charge on any atom is 0.336 e. The first-order chi connectivity index (χ1) is 10.5. The molecule has 0 bridgehead atoms. The van der Waals surface area contributed by atoms with Gasteiger partial charge in [0.05, 0.1) is 5.56 Å². The van der Waals surface area contributed by atoms with Crippen molar-refractivity contribution in [3.8, 4) is 0 Å². The Morgan fingerprint density at radius 2 is 1.27 bits per heavy atom. The number of ketones is 2. The quantitative estimate of drug-likeness (QED) is 0.793. The topological polar surface area (TPSA) is 71.4 Å². The van der Waals surface area contributed by atoms with E-state index in [0.717, 1.165) is 0 Å². The maximum absolute atomic E-state index is 11.2. The second kappa shape index (κ2) is 6.87. The van der Waals surface area contributed by atoms with Crippen molar-refractivity contribution in [3.05, 3.63) is 77.4 Å². The van der Waals surface area contributed by atoms with E-state index >= 15 is 0 Å². The summed E-state index contributed by atoms with van der Waals surface area (Å²) in [6, 6.07) is 13.4. The van der Waals surface area contributed by atoms with E-state index in [1.54, 1.807) is 42.5 Å². The summed E-state index contributed by atoms with van der Waals surface area (Å²) in [5.74, 6) is -1.12. The number of allylic oxidation sites excluding steroid dienone is 2. The van der Waals surface area contributed by atoms with Crippen LogP contribution in [0, 0.1) is 0 Å². The molecule has 22 heavy (non-hydrogen) atoms. The summed E-state index contributed by atoms with van der Waals surface area (Å²) in [5, 5.41) is 8.52. The lowest BCUT2D eigenvalue weighted by Crippen LogP contribution is -2.10. The highest BCUT2D eigenvalue weighted by molar-refractivity contribution is 7.80. The molecular formula is C17H12O4S. The molecule has 0 unspecified atom stereocenters. The maximum atomic E-state index is 11.2. The second-order valence-electron chi connectivity index (χ2n) is 4.43. The minimum absolute atomic E-state index is 0.0924. The van der Waals surface area contributed by atoms with Gasteiger partial charge in [-0.1, -0.05) is 36.4 Å². The molecule has 0 heterocycles. The van der Waals surface area contributed by atoms with Gasteiger partial charge >= 0.3 is 5.97 Å². The molecule has 3 rings (SSSR count). The van der Waals surface area contributed by atoms with Gasteiger partial charge in [0.2, 0.25) is 0 Å². The molecule has 0 saturated carbocycles. The van der Waals surface area contributed by atoms with Crippen LogP contribution in [-0.2, 0) is 0 Å². The van der Waals surface area contributed by atoms with Gasteiger partial charge in [0.25, 0.3) is 0 Å². The largest absolute Gasteiger partial charge is 0.478 e. The fourth-order valence-corrected chi connectivity index (χ4v) is 2.15. The van der Waals surface area contributed by atoms with Crippen LogP contribution in [0.1, 0.15) is 31.1 Å². The third kappa shape index (κ3) is 3.51. The van der Waals surface area contributed by atoms with E-state index in [0.29, 0.717) is 16.0 Å². The molecule has 0 aliphatic heterocycles. The standard InChI is InChI=1S/C10H6O2.C7H6O2S/c11-9-5-6-10(12)8-4-2-1-3-7(8)9;8-7(9)5-3-1-2-4-6(5)10/h1-6H;1-4,10H,(H,8,9). The molecule has 0 aromatic heterocycles. The van der Waals surface area contributed by atoms with Crippen molar-refractivity contribution >= 4 is 30.2 Å². The molecular weight excluding hydrogens is 300 g/mol. The van der Waals surface area contributed by atoms with E-state index in [1.165, 1.54) is 18.2 Å². The second-order valence-corrected chi connectivity index (χ2v) is 4.91. The lowest BCUT2D eigenvalue weighted by Gasteiger charge is -2.06. The van der Waals surface area contributed by atoms with Gasteiger partial charge < -0.3 is 5.11 Å². The number of aromatic carboxylic acids is 1. The predicted molar refractivity (Wildman–Crippen MR) is 84.9 cm³/mol. The Balaban J connectivity index is 0.000000164. The first kappa shape index (κ1) is 15.7. The van der Waals surface area contributed by atoms with Crippen LogP contribution in [0.3, 0.4) is 0 Å². The predicted octanol–water partition coefficient (Wildman–Crippen LogP) is 3.30.